The van der Waals surface area contributed by atoms with E-state index in [-0.39, 0.29) is 23.8 Å². The zero-order chi connectivity index (χ0) is 24.6. The van der Waals surface area contributed by atoms with Gasteiger partial charge in [0.25, 0.3) is 0 Å². The molecule has 1 N–H and O–H groups in total. The van der Waals surface area contributed by atoms with Crippen LogP contribution in [0.4, 0.5) is 8.78 Å². The smallest absolute Gasteiger partial charge is 0.130 e. The zero-order valence-electron chi connectivity index (χ0n) is 19.7. The average molecular weight is 478 g/mol. The summed E-state index contributed by atoms with van der Waals surface area (Å²) in [5, 5.41) is 13.8. The van der Waals surface area contributed by atoms with Crippen molar-refractivity contribution in [1.82, 2.24) is 10.3 Å². The molecule has 2 aromatic carbocycles. The first-order valence-electron chi connectivity index (χ1n) is 11.9. The molecule has 1 fully saturated rings. The molecule has 1 aliphatic rings. The van der Waals surface area contributed by atoms with Crippen LogP contribution in [-0.2, 0) is 11.2 Å². The number of benzene rings is 2. The zero-order valence-corrected chi connectivity index (χ0v) is 19.7. The van der Waals surface area contributed by atoms with Crippen LogP contribution in [0, 0.1) is 23.0 Å². The van der Waals surface area contributed by atoms with Crippen molar-refractivity contribution in [2.75, 3.05) is 13.7 Å². The summed E-state index contributed by atoms with van der Waals surface area (Å²) in [6, 6.07) is 13.6. The van der Waals surface area contributed by atoms with Crippen LogP contribution < -0.4 is 10.1 Å². The minimum absolute atomic E-state index is 0.0268. The Labute approximate surface area is 204 Å². The second-order valence-electron chi connectivity index (χ2n) is 8.71. The number of nitrogens with one attached hydrogen (secondary N) is 1. The van der Waals surface area contributed by atoms with Crippen molar-refractivity contribution in [1.29, 1.82) is 5.26 Å². The van der Waals surface area contributed by atoms with Gasteiger partial charge in [-0.2, -0.15) is 5.26 Å². The van der Waals surface area contributed by atoms with Gasteiger partial charge < -0.3 is 14.8 Å². The first kappa shape index (κ1) is 24.8. The van der Waals surface area contributed by atoms with E-state index in [2.05, 4.69) is 16.4 Å². The molecule has 1 aliphatic heterocycles. The Kier molecular flexibility index (Phi) is 8.40. The summed E-state index contributed by atoms with van der Waals surface area (Å²) in [5.41, 5.74) is 2.34. The Hall–Kier alpha value is -3.34. The lowest BCUT2D eigenvalue weighted by Gasteiger charge is -2.36. The third-order valence-corrected chi connectivity index (χ3v) is 6.44. The maximum absolute atomic E-state index is 13.8. The summed E-state index contributed by atoms with van der Waals surface area (Å²) in [6.45, 7) is 0.474. The van der Waals surface area contributed by atoms with Crippen LogP contribution >= 0.6 is 0 Å². The van der Waals surface area contributed by atoms with Gasteiger partial charge in [0.2, 0.25) is 0 Å². The standard InChI is InChI=1S/C28H29F2N3O2/c1-34-23-8-10-26-24(18-23)19(13-16-33-26)4-6-22-7-11-27(28(35-22)12-14-31)32-15-2-3-20-17-21(29)5-9-25(20)30/h2-3,5,8-10,13,16-18,22,27-28,32H,4,6-7,11-12,15H2,1H3/b3-2+/t22-,27-,28-/m1/s1. The molecule has 0 spiro atoms. The molecular weight excluding hydrogens is 448 g/mol. The Morgan fingerprint density at radius 1 is 1.20 bits per heavy atom. The summed E-state index contributed by atoms with van der Waals surface area (Å²) in [6.07, 6.45) is 8.75. The van der Waals surface area contributed by atoms with Crippen molar-refractivity contribution in [2.45, 2.75) is 50.4 Å². The first-order valence-corrected chi connectivity index (χ1v) is 11.9. The number of rotatable bonds is 9. The summed E-state index contributed by atoms with van der Waals surface area (Å²) < 4.78 is 38.8. The molecule has 1 aromatic heterocycles. The van der Waals surface area contributed by atoms with E-state index in [0.29, 0.717) is 13.0 Å². The lowest BCUT2D eigenvalue weighted by molar-refractivity contribution is -0.0678. The number of halogens is 2. The van der Waals surface area contributed by atoms with Crippen molar-refractivity contribution in [3.8, 4) is 11.8 Å². The van der Waals surface area contributed by atoms with Gasteiger partial charge >= 0.3 is 0 Å². The third-order valence-electron chi connectivity index (χ3n) is 6.44. The maximum atomic E-state index is 13.8. The predicted octanol–water partition coefficient (Wildman–Crippen LogP) is 5.59. The lowest BCUT2D eigenvalue weighted by Crippen LogP contribution is -2.47. The molecule has 0 radical (unpaired) electrons. The largest absolute Gasteiger partial charge is 0.497 e. The van der Waals surface area contributed by atoms with E-state index in [1.165, 1.54) is 11.6 Å². The molecule has 2 heterocycles. The number of hydrogen-bond acceptors (Lipinski definition) is 5. The SMILES string of the molecule is COc1ccc2nccc(CC[C@@H]3CC[C@@H](NC/C=C/c4cc(F)ccc4F)[C@@H](CC#N)O3)c2c1. The van der Waals surface area contributed by atoms with Gasteiger partial charge in [0.15, 0.2) is 0 Å². The monoisotopic (exact) mass is 477 g/mol. The quantitative estimate of drug-likeness (QED) is 0.435. The molecule has 3 atom stereocenters. The predicted molar refractivity (Wildman–Crippen MR) is 132 cm³/mol. The molecule has 0 amide bonds. The lowest BCUT2D eigenvalue weighted by atomic mass is 9.93. The van der Waals surface area contributed by atoms with Crippen molar-refractivity contribution in [2.24, 2.45) is 0 Å². The normalized spacial score (nSPS) is 20.2. The average Bonchev–Trinajstić information content (AvgIpc) is 2.88. The number of ether oxygens (including phenoxy) is 2. The highest BCUT2D eigenvalue weighted by molar-refractivity contribution is 5.83. The summed E-state index contributed by atoms with van der Waals surface area (Å²) in [5.74, 6) is -0.133. The molecule has 35 heavy (non-hydrogen) atoms. The molecule has 7 heteroatoms. The van der Waals surface area contributed by atoms with E-state index < -0.39 is 11.6 Å². The Balaban J connectivity index is 1.33. The molecule has 1 saturated heterocycles. The maximum Gasteiger partial charge on any atom is 0.130 e. The van der Waals surface area contributed by atoms with E-state index >= 15 is 0 Å². The van der Waals surface area contributed by atoms with Crippen LogP contribution in [0.2, 0.25) is 0 Å². The minimum atomic E-state index is -0.473. The number of methoxy groups -OCH3 is 1. The van der Waals surface area contributed by atoms with Crippen LogP contribution in [-0.4, -0.2) is 36.9 Å². The molecule has 5 nitrogen and oxygen atoms in total. The molecule has 0 bridgehead atoms. The van der Waals surface area contributed by atoms with Gasteiger partial charge in [0.1, 0.15) is 17.4 Å². The number of hydrogen-bond donors (Lipinski definition) is 1. The fraction of sp³-hybridized carbons (Fsp3) is 0.357. The van der Waals surface area contributed by atoms with Gasteiger partial charge in [-0.1, -0.05) is 12.2 Å². The Morgan fingerprint density at radius 2 is 2.09 bits per heavy atom. The fourth-order valence-corrected chi connectivity index (χ4v) is 4.58. The highest BCUT2D eigenvalue weighted by Gasteiger charge is 2.30. The van der Waals surface area contributed by atoms with E-state index in [0.717, 1.165) is 54.5 Å². The Bertz CT molecular complexity index is 1220. The molecule has 3 aromatic rings. The van der Waals surface area contributed by atoms with Crippen LogP contribution in [0.25, 0.3) is 17.0 Å². The van der Waals surface area contributed by atoms with Gasteiger partial charge in [-0.25, -0.2) is 8.78 Å². The highest BCUT2D eigenvalue weighted by Crippen LogP contribution is 2.28. The first-order chi connectivity index (χ1) is 17.1. The van der Waals surface area contributed by atoms with Crippen molar-refractivity contribution < 1.29 is 18.3 Å². The molecule has 0 unspecified atom stereocenters. The number of aryl methyl sites for hydroxylation is 1. The second-order valence-corrected chi connectivity index (χ2v) is 8.71. The second kappa shape index (κ2) is 11.9. The molecule has 4 rings (SSSR count). The molecular formula is C28H29F2N3O2. The fourth-order valence-electron chi connectivity index (χ4n) is 4.58. The van der Waals surface area contributed by atoms with E-state index in [9.17, 15) is 14.0 Å². The molecule has 0 saturated carbocycles. The molecule has 0 aliphatic carbocycles. The minimum Gasteiger partial charge on any atom is -0.497 e. The van der Waals surface area contributed by atoms with Crippen LogP contribution in [0.3, 0.4) is 0 Å². The highest BCUT2D eigenvalue weighted by atomic mass is 19.1. The third kappa shape index (κ3) is 6.41. The topological polar surface area (TPSA) is 67.2 Å². The van der Waals surface area contributed by atoms with Crippen molar-refractivity contribution >= 4 is 17.0 Å². The van der Waals surface area contributed by atoms with Gasteiger partial charge in [-0.3, -0.25) is 4.98 Å². The van der Waals surface area contributed by atoms with Crippen molar-refractivity contribution in [3.63, 3.8) is 0 Å². The summed E-state index contributed by atoms with van der Waals surface area (Å²) in [4.78, 5) is 4.45. The van der Waals surface area contributed by atoms with E-state index in [1.54, 1.807) is 19.3 Å². The summed E-state index contributed by atoms with van der Waals surface area (Å²) in [7, 11) is 1.66. The van der Waals surface area contributed by atoms with Gasteiger partial charge in [0, 0.05) is 29.7 Å². The van der Waals surface area contributed by atoms with Gasteiger partial charge in [-0.15, -0.1) is 0 Å². The van der Waals surface area contributed by atoms with E-state index in [1.807, 2.05) is 30.5 Å². The van der Waals surface area contributed by atoms with Crippen LogP contribution in [0.1, 0.15) is 36.8 Å². The summed E-state index contributed by atoms with van der Waals surface area (Å²) >= 11 is 0. The van der Waals surface area contributed by atoms with Gasteiger partial charge in [0.05, 0.1) is 37.3 Å². The number of pyridine rings is 1. The Morgan fingerprint density at radius 3 is 2.91 bits per heavy atom. The van der Waals surface area contributed by atoms with Gasteiger partial charge in [-0.05, 0) is 73.7 Å². The number of nitrogens with zero attached hydrogens (tertiary/aromatic N) is 2. The molecule has 182 valence electrons. The number of fused-ring (bicyclic) bond motifs is 1. The number of nitriles is 1. The van der Waals surface area contributed by atoms with Crippen LogP contribution in [0.15, 0.2) is 54.7 Å². The van der Waals surface area contributed by atoms with Crippen molar-refractivity contribution in [3.05, 3.63) is 77.5 Å². The van der Waals surface area contributed by atoms with E-state index in [4.69, 9.17) is 9.47 Å². The number of aromatic nitrogens is 1. The van der Waals surface area contributed by atoms with Crippen LogP contribution in [0.5, 0.6) is 5.75 Å².